The number of ether oxygens (including phenoxy) is 1. The highest BCUT2D eigenvalue weighted by Crippen LogP contribution is 2.43. The second-order valence-electron chi connectivity index (χ2n) is 11.3. The molecule has 5 heterocycles. The van der Waals surface area contributed by atoms with Crippen LogP contribution in [0.5, 0.6) is 0 Å². The summed E-state index contributed by atoms with van der Waals surface area (Å²) in [5.74, 6) is 0.781. The lowest BCUT2D eigenvalue weighted by atomic mass is 9.71. The summed E-state index contributed by atoms with van der Waals surface area (Å²) in [5, 5.41) is 0. The van der Waals surface area contributed by atoms with Crippen LogP contribution in [0.3, 0.4) is 0 Å². The summed E-state index contributed by atoms with van der Waals surface area (Å²) in [6.45, 7) is 8.45. The van der Waals surface area contributed by atoms with Crippen LogP contribution in [-0.2, 0) is 21.6 Å². The average Bonchev–Trinajstić information content (AvgIpc) is 3.15. The Bertz CT molecular complexity index is 1640. The molecule has 3 fully saturated rings. The van der Waals surface area contributed by atoms with E-state index in [2.05, 4.69) is 44.7 Å². The number of hydrogen-bond acceptors (Lipinski definition) is 7. The minimum Gasteiger partial charge on any atom is -0.378 e. The van der Waals surface area contributed by atoms with E-state index in [0.717, 1.165) is 65.7 Å². The molecule has 0 N–H and O–H groups in total. The second kappa shape index (κ2) is 8.36. The Labute approximate surface area is 222 Å². The lowest BCUT2D eigenvalue weighted by molar-refractivity contribution is -0.137. The van der Waals surface area contributed by atoms with Crippen LogP contribution in [0.2, 0.25) is 0 Å². The molecule has 0 saturated carbocycles. The first-order valence-electron chi connectivity index (χ1n) is 13.0. The standard InChI is InChI=1S/C29H31N5O3S/c1-19-27-26(32(2)28(31-27)21-6-10-24(11-7-21)38(3,35)36)12-25(30-19)20-4-8-22(9-5-20)33-15-29(16-33)17-34(18-29)23-13-37-14-23/h4-12,23H,13-18H2,1-3H3. The fourth-order valence-corrected chi connectivity index (χ4v) is 6.72. The zero-order chi connectivity index (χ0) is 26.2. The second-order valence-corrected chi connectivity index (χ2v) is 13.3. The molecule has 2 aromatic heterocycles. The molecule has 9 heteroatoms. The number of nitrogens with zero attached hydrogens (tertiary/aromatic N) is 5. The van der Waals surface area contributed by atoms with E-state index in [1.807, 2.05) is 26.1 Å². The number of likely N-dealkylation sites (tertiary alicyclic amines) is 1. The molecule has 8 nitrogen and oxygen atoms in total. The number of anilines is 1. The minimum absolute atomic E-state index is 0.301. The van der Waals surface area contributed by atoms with E-state index in [0.29, 0.717) is 16.4 Å². The van der Waals surface area contributed by atoms with Gasteiger partial charge in [0, 0.05) is 61.7 Å². The monoisotopic (exact) mass is 529 g/mol. The third kappa shape index (κ3) is 3.83. The molecule has 38 heavy (non-hydrogen) atoms. The molecule has 0 aliphatic carbocycles. The Morgan fingerprint density at radius 3 is 2.18 bits per heavy atom. The van der Waals surface area contributed by atoms with Gasteiger partial charge in [0.2, 0.25) is 0 Å². The number of fused-ring (bicyclic) bond motifs is 1. The molecular weight excluding hydrogens is 498 g/mol. The van der Waals surface area contributed by atoms with Crippen LogP contribution in [0, 0.1) is 12.3 Å². The Morgan fingerprint density at radius 1 is 0.921 bits per heavy atom. The molecule has 4 aromatic rings. The van der Waals surface area contributed by atoms with E-state index in [-0.39, 0.29) is 0 Å². The molecule has 3 saturated heterocycles. The quantitative estimate of drug-likeness (QED) is 0.391. The molecule has 0 atom stereocenters. The van der Waals surface area contributed by atoms with Crippen molar-refractivity contribution in [3.05, 3.63) is 60.3 Å². The lowest BCUT2D eigenvalue weighted by Gasteiger charge is -2.63. The molecule has 2 aromatic carbocycles. The highest BCUT2D eigenvalue weighted by molar-refractivity contribution is 7.90. The molecule has 3 aliphatic rings. The van der Waals surface area contributed by atoms with Crippen molar-refractivity contribution in [2.45, 2.75) is 17.9 Å². The van der Waals surface area contributed by atoms with E-state index in [1.54, 1.807) is 12.1 Å². The maximum Gasteiger partial charge on any atom is 0.175 e. The third-order valence-corrected chi connectivity index (χ3v) is 9.51. The summed E-state index contributed by atoms with van der Waals surface area (Å²) in [6.07, 6.45) is 1.22. The van der Waals surface area contributed by atoms with E-state index in [9.17, 15) is 8.42 Å². The normalized spacial score (nSPS) is 19.4. The summed E-state index contributed by atoms with van der Waals surface area (Å²) >= 11 is 0. The van der Waals surface area contributed by atoms with Gasteiger partial charge in [0.15, 0.2) is 9.84 Å². The van der Waals surface area contributed by atoms with E-state index in [1.165, 1.54) is 25.0 Å². The zero-order valence-electron chi connectivity index (χ0n) is 21.9. The Kier molecular flexibility index (Phi) is 5.24. The maximum atomic E-state index is 11.8. The van der Waals surface area contributed by atoms with Crippen molar-refractivity contribution >= 4 is 26.6 Å². The van der Waals surface area contributed by atoms with Gasteiger partial charge in [-0.15, -0.1) is 0 Å². The van der Waals surface area contributed by atoms with Crippen molar-refractivity contribution in [1.29, 1.82) is 0 Å². The van der Waals surface area contributed by atoms with Crippen molar-refractivity contribution in [3.63, 3.8) is 0 Å². The van der Waals surface area contributed by atoms with E-state index >= 15 is 0 Å². The van der Waals surface area contributed by atoms with Gasteiger partial charge in [-0.2, -0.15) is 0 Å². The number of pyridine rings is 1. The fourth-order valence-electron chi connectivity index (χ4n) is 6.09. The van der Waals surface area contributed by atoms with Crippen LogP contribution in [0.1, 0.15) is 5.69 Å². The molecule has 0 unspecified atom stereocenters. The van der Waals surface area contributed by atoms with Crippen LogP contribution < -0.4 is 4.90 Å². The van der Waals surface area contributed by atoms with Gasteiger partial charge in [0.25, 0.3) is 0 Å². The topological polar surface area (TPSA) is 80.6 Å². The summed E-state index contributed by atoms with van der Waals surface area (Å²) in [5.41, 5.74) is 7.31. The SMILES string of the molecule is Cc1nc(-c2ccc(N3CC4(C3)CN(C3COC3)C4)cc2)cc2c1nc(-c1ccc(S(C)(=O)=O)cc1)n2C. The lowest BCUT2D eigenvalue weighted by Crippen LogP contribution is -2.75. The first-order valence-corrected chi connectivity index (χ1v) is 14.9. The van der Waals surface area contributed by atoms with Gasteiger partial charge in [-0.3, -0.25) is 9.88 Å². The fraction of sp³-hybridized carbons (Fsp3) is 0.379. The molecule has 0 amide bonds. The predicted octanol–water partition coefficient (Wildman–Crippen LogP) is 3.54. The van der Waals surface area contributed by atoms with Crippen molar-refractivity contribution in [1.82, 2.24) is 19.4 Å². The number of sulfone groups is 1. The molecule has 196 valence electrons. The molecule has 7 rings (SSSR count). The van der Waals surface area contributed by atoms with Crippen LogP contribution in [0.25, 0.3) is 33.7 Å². The first-order chi connectivity index (χ1) is 18.2. The molecule has 0 bridgehead atoms. The maximum absolute atomic E-state index is 11.8. The van der Waals surface area contributed by atoms with Crippen molar-refractivity contribution in [2.24, 2.45) is 12.5 Å². The largest absolute Gasteiger partial charge is 0.378 e. The van der Waals surface area contributed by atoms with Gasteiger partial charge in [-0.05, 0) is 49.4 Å². The summed E-state index contributed by atoms with van der Waals surface area (Å²) in [6, 6.07) is 18.4. The summed E-state index contributed by atoms with van der Waals surface area (Å²) < 4.78 is 31.1. The van der Waals surface area contributed by atoms with Crippen LogP contribution in [0.4, 0.5) is 5.69 Å². The van der Waals surface area contributed by atoms with Crippen molar-refractivity contribution in [2.75, 3.05) is 50.5 Å². The summed E-state index contributed by atoms with van der Waals surface area (Å²) in [4.78, 5) is 15.1. The number of hydrogen-bond donors (Lipinski definition) is 0. The van der Waals surface area contributed by atoms with Gasteiger partial charge in [0.1, 0.15) is 11.3 Å². The van der Waals surface area contributed by atoms with Gasteiger partial charge < -0.3 is 14.2 Å². The van der Waals surface area contributed by atoms with Crippen LogP contribution in [-0.4, -0.2) is 79.5 Å². The van der Waals surface area contributed by atoms with Gasteiger partial charge >= 0.3 is 0 Å². The van der Waals surface area contributed by atoms with Crippen LogP contribution in [0.15, 0.2) is 59.5 Å². The number of aromatic nitrogens is 3. The Balaban J connectivity index is 1.10. The van der Waals surface area contributed by atoms with E-state index < -0.39 is 9.84 Å². The molecule has 0 radical (unpaired) electrons. The molecular formula is C29H31N5O3S. The minimum atomic E-state index is -3.24. The Morgan fingerprint density at radius 2 is 1.58 bits per heavy atom. The number of imidazole rings is 1. The number of benzene rings is 2. The first kappa shape index (κ1) is 23.8. The highest BCUT2D eigenvalue weighted by atomic mass is 32.2. The smallest absolute Gasteiger partial charge is 0.175 e. The van der Waals surface area contributed by atoms with E-state index in [4.69, 9.17) is 14.7 Å². The Hall–Kier alpha value is -3.27. The number of rotatable bonds is 5. The zero-order valence-corrected chi connectivity index (χ0v) is 22.7. The third-order valence-electron chi connectivity index (χ3n) is 8.38. The van der Waals surface area contributed by atoms with Crippen molar-refractivity contribution < 1.29 is 13.2 Å². The van der Waals surface area contributed by atoms with Gasteiger partial charge in [-0.25, -0.2) is 13.4 Å². The van der Waals surface area contributed by atoms with Gasteiger partial charge in [-0.1, -0.05) is 12.1 Å². The summed E-state index contributed by atoms with van der Waals surface area (Å²) in [7, 11) is -1.25. The molecule has 1 spiro atoms. The molecule has 3 aliphatic heterocycles. The average molecular weight is 530 g/mol. The number of aryl methyl sites for hydroxylation is 2. The predicted molar refractivity (Wildman–Crippen MR) is 148 cm³/mol. The van der Waals surface area contributed by atoms with Crippen molar-refractivity contribution in [3.8, 4) is 22.6 Å². The van der Waals surface area contributed by atoms with Gasteiger partial charge in [0.05, 0.1) is 41.1 Å². The highest BCUT2D eigenvalue weighted by Gasteiger charge is 2.53. The van der Waals surface area contributed by atoms with Crippen LogP contribution >= 0.6 is 0 Å².